The van der Waals surface area contributed by atoms with E-state index in [0.29, 0.717) is 13.1 Å². The molecular weight excluding hydrogens is 207 g/mol. The molecule has 0 unspecified atom stereocenters. The monoisotopic (exact) mass is 220 g/mol. The quantitative estimate of drug-likeness (QED) is 0.846. The van der Waals surface area contributed by atoms with Crippen LogP contribution in [0.3, 0.4) is 0 Å². The van der Waals surface area contributed by atoms with E-state index in [1.54, 1.807) is 10.7 Å². The molecule has 4 nitrogen and oxygen atoms in total. The van der Waals surface area contributed by atoms with Crippen LogP contribution in [0.5, 0.6) is 0 Å². The summed E-state index contributed by atoms with van der Waals surface area (Å²) < 4.78 is 14.7. The van der Waals surface area contributed by atoms with E-state index in [4.69, 9.17) is 5.73 Å². The van der Waals surface area contributed by atoms with Crippen molar-refractivity contribution in [1.29, 1.82) is 0 Å². The molecule has 0 amide bonds. The Morgan fingerprint density at radius 2 is 2.25 bits per heavy atom. The molecule has 0 aliphatic heterocycles. The molecule has 2 rings (SSSR count). The molecule has 0 aliphatic carbocycles. The van der Waals surface area contributed by atoms with Crippen LogP contribution in [0.2, 0.25) is 0 Å². The third kappa shape index (κ3) is 2.09. The van der Waals surface area contributed by atoms with Gasteiger partial charge in [0.25, 0.3) is 0 Å². The maximum atomic E-state index is 13.0. The van der Waals surface area contributed by atoms with Gasteiger partial charge in [0.15, 0.2) is 0 Å². The molecule has 5 heteroatoms. The first-order valence-electron chi connectivity index (χ1n) is 5.04. The third-order valence-electron chi connectivity index (χ3n) is 2.49. The van der Waals surface area contributed by atoms with Crippen molar-refractivity contribution in [2.24, 2.45) is 5.73 Å². The molecule has 1 aromatic carbocycles. The summed E-state index contributed by atoms with van der Waals surface area (Å²) in [6, 6.07) is 6.44. The van der Waals surface area contributed by atoms with E-state index < -0.39 is 0 Å². The standard InChI is InChI=1S/C11H13FN4/c1-8-11(6-13)14-15-16(8)7-9-3-2-4-10(12)5-9/h2-5H,6-7,13H2,1H3. The van der Waals surface area contributed by atoms with Gasteiger partial charge in [-0.3, -0.25) is 0 Å². The van der Waals surface area contributed by atoms with Crippen molar-refractivity contribution in [2.45, 2.75) is 20.0 Å². The normalized spacial score (nSPS) is 10.7. The highest BCUT2D eigenvalue weighted by Gasteiger charge is 2.07. The summed E-state index contributed by atoms with van der Waals surface area (Å²) in [6.07, 6.45) is 0. The number of halogens is 1. The number of hydrogen-bond donors (Lipinski definition) is 1. The lowest BCUT2D eigenvalue weighted by Gasteiger charge is -2.03. The topological polar surface area (TPSA) is 56.7 Å². The second-order valence-electron chi connectivity index (χ2n) is 3.61. The molecule has 16 heavy (non-hydrogen) atoms. The van der Waals surface area contributed by atoms with Crippen molar-refractivity contribution in [2.75, 3.05) is 0 Å². The molecule has 0 spiro atoms. The van der Waals surface area contributed by atoms with Crippen molar-refractivity contribution in [1.82, 2.24) is 15.0 Å². The zero-order chi connectivity index (χ0) is 11.5. The van der Waals surface area contributed by atoms with Crippen molar-refractivity contribution in [3.8, 4) is 0 Å². The summed E-state index contributed by atoms with van der Waals surface area (Å²) in [5.74, 6) is -0.241. The predicted molar refractivity (Wildman–Crippen MR) is 58.2 cm³/mol. The summed E-state index contributed by atoms with van der Waals surface area (Å²) in [5.41, 5.74) is 8.06. The zero-order valence-electron chi connectivity index (χ0n) is 9.02. The number of hydrogen-bond acceptors (Lipinski definition) is 3. The van der Waals surface area contributed by atoms with Gasteiger partial charge in [0.1, 0.15) is 5.82 Å². The fraction of sp³-hybridized carbons (Fsp3) is 0.273. The average Bonchev–Trinajstić information content (AvgIpc) is 2.60. The van der Waals surface area contributed by atoms with E-state index in [0.717, 1.165) is 17.0 Å². The molecule has 0 saturated heterocycles. The Hall–Kier alpha value is -1.75. The Balaban J connectivity index is 2.24. The summed E-state index contributed by atoms with van der Waals surface area (Å²) in [5, 5.41) is 7.92. The molecular formula is C11H13FN4. The van der Waals surface area contributed by atoms with Gasteiger partial charge in [0, 0.05) is 6.54 Å². The minimum atomic E-state index is -0.241. The first-order valence-corrected chi connectivity index (χ1v) is 5.04. The maximum absolute atomic E-state index is 13.0. The van der Waals surface area contributed by atoms with E-state index in [2.05, 4.69) is 10.3 Å². The Kier molecular flexibility index (Phi) is 2.96. The smallest absolute Gasteiger partial charge is 0.123 e. The van der Waals surface area contributed by atoms with Gasteiger partial charge in [-0.25, -0.2) is 9.07 Å². The van der Waals surface area contributed by atoms with Gasteiger partial charge in [-0.2, -0.15) is 0 Å². The van der Waals surface area contributed by atoms with Crippen LogP contribution in [-0.2, 0) is 13.1 Å². The van der Waals surface area contributed by atoms with Crippen LogP contribution in [-0.4, -0.2) is 15.0 Å². The average molecular weight is 220 g/mol. The van der Waals surface area contributed by atoms with Gasteiger partial charge >= 0.3 is 0 Å². The van der Waals surface area contributed by atoms with Gasteiger partial charge < -0.3 is 5.73 Å². The van der Waals surface area contributed by atoms with Crippen LogP contribution in [0, 0.1) is 12.7 Å². The van der Waals surface area contributed by atoms with Crippen LogP contribution in [0.15, 0.2) is 24.3 Å². The van der Waals surface area contributed by atoms with Crippen molar-refractivity contribution in [3.63, 3.8) is 0 Å². The third-order valence-corrected chi connectivity index (χ3v) is 2.49. The number of nitrogens with two attached hydrogens (primary N) is 1. The van der Waals surface area contributed by atoms with Crippen LogP contribution in [0.4, 0.5) is 4.39 Å². The van der Waals surface area contributed by atoms with Crippen molar-refractivity contribution >= 4 is 0 Å². The van der Waals surface area contributed by atoms with Crippen LogP contribution >= 0.6 is 0 Å². The van der Waals surface area contributed by atoms with E-state index in [9.17, 15) is 4.39 Å². The van der Waals surface area contributed by atoms with Gasteiger partial charge in [0.05, 0.1) is 17.9 Å². The van der Waals surface area contributed by atoms with E-state index >= 15 is 0 Å². The van der Waals surface area contributed by atoms with Crippen molar-refractivity contribution in [3.05, 3.63) is 47.0 Å². The maximum Gasteiger partial charge on any atom is 0.123 e. The molecule has 1 heterocycles. The summed E-state index contributed by atoms with van der Waals surface area (Å²) in [6.45, 7) is 2.78. The molecule has 0 fully saturated rings. The van der Waals surface area contributed by atoms with Crippen LogP contribution in [0.25, 0.3) is 0 Å². The minimum Gasteiger partial charge on any atom is -0.325 e. The Labute approximate surface area is 92.9 Å². The molecule has 0 atom stereocenters. The molecule has 0 aliphatic rings. The van der Waals surface area contributed by atoms with Crippen LogP contribution in [0.1, 0.15) is 17.0 Å². The second kappa shape index (κ2) is 4.40. The first kappa shape index (κ1) is 10.8. The lowest BCUT2D eigenvalue weighted by atomic mass is 10.2. The minimum absolute atomic E-state index is 0.241. The Morgan fingerprint density at radius 1 is 1.44 bits per heavy atom. The molecule has 0 saturated carbocycles. The Bertz CT molecular complexity index is 492. The Morgan fingerprint density at radius 3 is 2.88 bits per heavy atom. The molecule has 0 bridgehead atoms. The van der Waals surface area contributed by atoms with Crippen LogP contribution < -0.4 is 5.73 Å². The van der Waals surface area contributed by atoms with Gasteiger partial charge in [-0.1, -0.05) is 17.3 Å². The van der Waals surface area contributed by atoms with Crippen molar-refractivity contribution < 1.29 is 4.39 Å². The van der Waals surface area contributed by atoms with E-state index in [-0.39, 0.29) is 5.82 Å². The lowest BCUT2D eigenvalue weighted by Crippen LogP contribution is -2.05. The molecule has 2 aromatic rings. The highest BCUT2D eigenvalue weighted by molar-refractivity contribution is 5.18. The zero-order valence-corrected chi connectivity index (χ0v) is 9.02. The highest BCUT2D eigenvalue weighted by Crippen LogP contribution is 2.08. The lowest BCUT2D eigenvalue weighted by molar-refractivity contribution is 0.609. The SMILES string of the molecule is Cc1c(CN)nnn1Cc1cccc(F)c1. The van der Waals surface area contributed by atoms with Gasteiger partial charge in [-0.15, -0.1) is 5.10 Å². The van der Waals surface area contributed by atoms with E-state index in [1.165, 1.54) is 12.1 Å². The summed E-state index contributed by atoms with van der Waals surface area (Å²) in [4.78, 5) is 0. The molecule has 0 radical (unpaired) electrons. The second-order valence-corrected chi connectivity index (χ2v) is 3.61. The number of aromatic nitrogens is 3. The number of nitrogens with zero attached hydrogens (tertiary/aromatic N) is 3. The molecule has 84 valence electrons. The fourth-order valence-corrected chi connectivity index (χ4v) is 1.54. The number of benzene rings is 1. The largest absolute Gasteiger partial charge is 0.325 e. The number of rotatable bonds is 3. The van der Waals surface area contributed by atoms with E-state index in [1.807, 2.05) is 13.0 Å². The van der Waals surface area contributed by atoms with Gasteiger partial charge in [0.2, 0.25) is 0 Å². The summed E-state index contributed by atoms with van der Waals surface area (Å²) in [7, 11) is 0. The van der Waals surface area contributed by atoms with Gasteiger partial charge in [-0.05, 0) is 24.6 Å². The fourth-order valence-electron chi connectivity index (χ4n) is 1.54. The summed E-state index contributed by atoms with van der Waals surface area (Å²) >= 11 is 0. The highest BCUT2D eigenvalue weighted by atomic mass is 19.1. The first-order chi connectivity index (χ1) is 7.70. The molecule has 2 N–H and O–H groups in total. The molecule has 1 aromatic heterocycles. The predicted octanol–water partition coefficient (Wildman–Crippen LogP) is 1.23.